The Morgan fingerprint density at radius 3 is 2.82 bits per heavy atom. The quantitative estimate of drug-likeness (QED) is 0.771. The Morgan fingerprint density at radius 2 is 2.14 bits per heavy atom. The molecule has 0 saturated carbocycles. The van der Waals surface area contributed by atoms with Crippen LogP contribution in [0.2, 0.25) is 0 Å². The highest BCUT2D eigenvalue weighted by Crippen LogP contribution is 2.18. The molecule has 0 N–H and O–H groups in total. The normalized spacial score (nSPS) is 18.2. The molecule has 1 atom stereocenters. The number of benzene rings is 1. The minimum Gasteiger partial charge on any atom is -0.340 e. The third kappa shape index (κ3) is 4.75. The minimum atomic E-state index is 0.298. The number of likely N-dealkylation sites (tertiary alicyclic amines) is 1. The Labute approximate surface area is 139 Å². The molecule has 1 saturated heterocycles. The fourth-order valence-electron chi connectivity index (χ4n) is 3.16. The van der Waals surface area contributed by atoms with Gasteiger partial charge in [-0.3, -0.25) is 9.69 Å². The lowest BCUT2D eigenvalue weighted by molar-refractivity contribution is -0.127. The van der Waals surface area contributed by atoms with Crippen LogP contribution in [0.1, 0.15) is 31.4 Å². The first-order valence-electron chi connectivity index (χ1n) is 8.29. The van der Waals surface area contributed by atoms with Crippen molar-refractivity contribution >= 4 is 17.7 Å². The van der Waals surface area contributed by atoms with E-state index in [-0.39, 0.29) is 0 Å². The summed E-state index contributed by atoms with van der Waals surface area (Å²) < 4.78 is 0. The number of likely N-dealkylation sites (N-methyl/N-ethyl adjacent to an activating group) is 1. The number of hydrogen-bond acceptors (Lipinski definition) is 3. The maximum atomic E-state index is 12.3. The summed E-state index contributed by atoms with van der Waals surface area (Å²) in [5.74, 6) is 1.81. The van der Waals surface area contributed by atoms with Crippen molar-refractivity contribution in [2.45, 2.75) is 39.0 Å². The molecule has 22 heavy (non-hydrogen) atoms. The van der Waals surface area contributed by atoms with Gasteiger partial charge in [0.1, 0.15) is 0 Å². The van der Waals surface area contributed by atoms with Crippen LogP contribution in [0.4, 0.5) is 0 Å². The molecule has 1 fully saturated rings. The summed E-state index contributed by atoms with van der Waals surface area (Å²) in [5.41, 5.74) is 2.59. The van der Waals surface area contributed by atoms with Crippen LogP contribution in [0, 0.1) is 6.92 Å². The molecule has 0 aliphatic carbocycles. The first kappa shape index (κ1) is 17.4. The lowest BCUT2D eigenvalue weighted by atomic mass is 10.2. The standard InChI is InChI=1S/C18H28N2OS/c1-4-19(5-2)17-9-10-20(12-17)18(21)14-22-13-16-8-6-7-15(3)11-16/h6-8,11,17H,4-5,9-10,12-14H2,1-3H3. The van der Waals surface area contributed by atoms with Crippen LogP contribution in [0.5, 0.6) is 0 Å². The van der Waals surface area contributed by atoms with Crippen LogP contribution in [0.15, 0.2) is 24.3 Å². The van der Waals surface area contributed by atoms with Crippen LogP contribution in [0.25, 0.3) is 0 Å². The zero-order valence-corrected chi connectivity index (χ0v) is 14.9. The number of thioether (sulfide) groups is 1. The first-order chi connectivity index (χ1) is 10.6. The summed E-state index contributed by atoms with van der Waals surface area (Å²) in [6.07, 6.45) is 1.12. The molecule has 0 bridgehead atoms. The molecule has 122 valence electrons. The number of aryl methyl sites for hydroxylation is 1. The Bertz CT molecular complexity index is 488. The van der Waals surface area contributed by atoms with E-state index in [0.29, 0.717) is 17.7 Å². The summed E-state index contributed by atoms with van der Waals surface area (Å²) in [6.45, 7) is 10.5. The first-order valence-corrected chi connectivity index (χ1v) is 9.44. The fourth-order valence-corrected chi connectivity index (χ4v) is 4.03. The van der Waals surface area contributed by atoms with Crippen LogP contribution >= 0.6 is 11.8 Å². The average Bonchev–Trinajstić information content (AvgIpc) is 2.98. The second kappa shape index (κ2) is 8.59. The monoisotopic (exact) mass is 320 g/mol. The van der Waals surface area contributed by atoms with Crippen molar-refractivity contribution in [3.63, 3.8) is 0 Å². The van der Waals surface area contributed by atoms with E-state index in [2.05, 4.69) is 49.9 Å². The lowest BCUT2D eigenvalue weighted by Gasteiger charge is -2.26. The molecule has 3 nitrogen and oxygen atoms in total. The fraction of sp³-hybridized carbons (Fsp3) is 0.611. The van der Waals surface area contributed by atoms with Gasteiger partial charge in [-0.1, -0.05) is 43.7 Å². The molecule has 0 radical (unpaired) electrons. The maximum absolute atomic E-state index is 12.3. The lowest BCUT2D eigenvalue weighted by Crippen LogP contribution is -2.39. The number of amides is 1. The van der Waals surface area contributed by atoms with Crippen molar-refractivity contribution in [3.05, 3.63) is 35.4 Å². The summed E-state index contributed by atoms with van der Waals surface area (Å²) in [6, 6.07) is 9.08. The van der Waals surface area contributed by atoms with Crippen molar-refractivity contribution in [1.29, 1.82) is 0 Å². The van der Waals surface area contributed by atoms with Crippen molar-refractivity contribution in [1.82, 2.24) is 9.80 Å². The Hall–Kier alpha value is -1.00. The van der Waals surface area contributed by atoms with E-state index >= 15 is 0 Å². The molecular formula is C18H28N2OS. The highest BCUT2D eigenvalue weighted by Gasteiger charge is 2.28. The maximum Gasteiger partial charge on any atom is 0.232 e. The van der Waals surface area contributed by atoms with E-state index in [1.54, 1.807) is 11.8 Å². The molecule has 4 heteroatoms. The zero-order chi connectivity index (χ0) is 15.9. The Balaban J connectivity index is 1.74. The second-order valence-corrected chi connectivity index (χ2v) is 6.97. The van der Waals surface area contributed by atoms with Crippen LogP contribution < -0.4 is 0 Å². The largest absolute Gasteiger partial charge is 0.340 e. The van der Waals surface area contributed by atoms with Gasteiger partial charge in [0, 0.05) is 24.9 Å². The van der Waals surface area contributed by atoms with Gasteiger partial charge in [0.05, 0.1) is 5.75 Å². The van der Waals surface area contributed by atoms with E-state index in [0.717, 1.165) is 38.4 Å². The number of nitrogens with zero attached hydrogens (tertiary/aromatic N) is 2. The van der Waals surface area contributed by atoms with Crippen LogP contribution in [-0.2, 0) is 10.5 Å². The molecule has 2 rings (SSSR count). The van der Waals surface area contributed by atoms with Crippen molar-refractivity contribution < 1.29 is 4.79 Å². The molecule has 1 amide bonds. The number of carbonyl (C=O) groups excluding carboxylic acids is 1. The predicted octanol–water partition coefficient (Wildman–Crippen LogP) is 3.17. The van der Waals surface area contributed by atoms with Gasteiger partial charge in [0.25, 0.3) is 0 Å². The predicted molar refractivity (Wildman–Crippen MR) is 95.2 cm³/mol. The summed E-state index contributed by atoms with van der Waals surface area (Å²) in [7, 11) is 0. The van der Waals surface area contributed by atoms with E-state index < -0.39 is 0 Å². The smallest absolute Gasteiger partial charge is 0.232 e. The van der Waals surface area contributed by atoms with Gasteiger partial charge in [0.2, 0.25) is 5.91 Å². The van der Waals surface area contributed by atoms with Crippen LogP contribution in [0.3, 0.4) is 0 Å². The SMILES string of the molecule is CCN(CC)C1CCN(C(=O)CSCc2cccc(C)c2)C1. The van der Waals surface area contributed by atoms with E-state index in [1.165, 1.54) is 11.1 Å². The Kier molecular flexibility index (Phi) is 6.77. The molecule has 1 aliphatic heterocycles. The van der Waals surface area contributed by atoms with Gasteiger partial charge < -0.3 is 4.90 Å². The molecule has 1 aliphatic rings. The second-order valence-electron chi connectivity index (χ2n) is 5.99. The number of carbonyl (C=O) groups is 1. The molecule has 1 aromatic carbocycles. The third-order valence-corrected chi connectivity index (χ3v) is 5.41. The third-order valence-electron chi connectivity index (χ3n) is 4.42. The molecule has 1 aromatic rings. The van der Waals surface area contributed by atoms with Gasteiger partial charge >= 0.3 is 0 Å². The zero-order valence-electron chi connectivity index (χ0n) is 14.0. The highest BCUT2D eigenvalue weighted by molar-refractivity contribution is 7.99. The van der Waals surface area contributed by atoms with Gasteiger partial charge in [0.15, 0.2) is 0 Å². The number of hydrogen-bond donors (Lipinski definition) is 0. The van der Waals surface area contributed by atoms with Gasteiger partial charge in [-0.2, -0.15) is 0 Å². The van der Waals surface area contributed by atoms with Crippen molar-refractivity contribution in [3.8, 4) is 0 Å². The topological polar surface area (TPSA) is 23.6 Å². The molecule has 0 aromatic heterocycles. The molecular weight excluding hydrogens is 292 g/mol. The average molecular weight is 321 g/mol. The van der Waals surface area contributed by atoms with E-state index in [1.807, 2.05) is 4.90 Å². The van der Waals surface area contributed by atoms with Crippen molar-refractivity contribution in [2.75, 3.05) is 31.9 Å². The van der Waals surface area contributed by atoms with Gasteiger partial charge in [-0.05, 0) is 32.0 Å². The van der Waals surface area contributed by atoms with E-state index in [4.69, 9.17) is 0 Å². The summed E-state index contributed by atoms with van der Waals surface area (Å²) in [5, 5.41) is 0. The molecule has 1 heterocycles. The summed E-state index contributed by atoms with van der Waals surface area (Å²) in [4.78, 5) is 16.8. The molecule has 0 spiro atoms. The Morgan fingerprint density at radius 1 is 1.36 bits per heavy atom. The van der Waals surface area contributed by atoms with Crippen molar-refractivity contribution in [2.24, 2.45) is 0 Å². The number of rotatable bonds is 7. The van der Waals surface area contributed by atoms with Crippen LogP contribution in [-0.4, -0.2) is 53.7 Å². The summed E-state index contributed by atoms with van der Waals surface area (Å²) >= 11 is 1.73. The van der Waals surface area contributed by atoms with Gasteiger partial charge in [-0.25, -0.2) is 0 Å². The van der Waals surface area contributed by atoms with Gasteiger partial charge in [-0.15, -0.1) is 11.8 Å². The molecule has 1 unspecified atom stereocenters. The van der Waals surface area contributed by atoms with E-state index in [9.17, 15) is 4.79 Å². The minimum absolute atomic E-state index is 0.298. The highest BCUT2D eigenvalue weighted by atomic mass is 32.2.